The Morgan fingerprint density at radius 3 is 2.48 bits per heavy atom. The molecular formula is C16H12F2N2O. The molecule has 3 nitrogen and oxygen atoms in total. The van der Waals surface area contributed by atoms with Crippen molar-refractivity contribution in [2.24, 2.45) is 0 Å². The third-order valence-electron chi connectivity index (χ3n) is 3.23. The number of nitrogens with zero attached hydrogens (tertiary/aromatic N) is 2. The number of hydrogen-bond acceptors (Lipinski definition) is 2. The normalized spacial score (nSPS) is 12.3. The maximum Gasteiger partial charge on any atom is 0.165 e. The first kappa shape index (κ1) is 13.5. The van der Waals surface area contributed by atoms with E-state index in [0.717, 1.165) is 11.8 Å². The number of halogens is 2. The van der Waals surface area contributed by atoms with Crippen molar-refractivity contribution in [3.05, 3.63) is 83.7 Å². The van der Waals surface area contributed by atoms with Gasteiger partial charge in [-0.15, -0.1) is 0 Å². The van der Waals surface area contributed by atoms with Crippen LogP contribution in [0.25, 0.3) is 5.69 Å². The first-order chi connectivity index (χ1) is 10.2. The van der Waals surface area contributed by atoms with Crippen LogP contribution < -0.4 is 0 Å². The molecule has 0 aliphatic heterocycles. The van der Waals surface area contributed by atoms with E-state index in [1.807, 2.05) is 30.3 Å². The minimum atomic E-state index is -1.30. The summed E-state index contributed by atoms with van der Waals surface area (Å²) in [5.41, 5.74) is 0.978. The van der Waals surface area contributed by atoms with Gasteiger partial charge in [0.15, 0.2) is 11.6 Å². The van der Waals surface area contributed by atoms with Gasteiger partial charge in [0.25, 0.3) is 0 Å². The van der Waals surface area contributed by atoms with Gasteiger partial charge in [0.05, 0.1) is 11.4 Å². The summed E-state index contributed by atoms with van der Waals surface area (Å²) in [4.78, 5) is 0. The van der Waals surface area contributed by atoms with Gasteiger partial charge in [-0.1, -0.05) is 30.3 Å². The zero-order valence-corrected chi connectivity index (χ0v) is 10.9. The zero-order valence-electron chi connectivity index (χ0n) is 10.9. The van der Waals surface area contributed by atoms with Crippen LogP contribution in [0.2, 0.25) is 0 Å². The van der Waals surface area contributed by atoms with E-state index in [4.69, 9.17) is 0 Å². The molecule has 1 aromatic heterocycles. The number of rotatable bonds is 3. The second-order valence-electron chi connectivity index (χ2n) is 4.55. The van der Waals surface area contributed by atoms with Gasteiger partial charge >= 0.3 is 0 Å². The second kappa shape index (κ2) is 5.46. The van der Waals surface area contributed by atoms with E-state index >= 15 is 0 Å². The summed E-state index contributed by atoms with van der Waals surface area (Å²) in [5.74, 6) is -2.04. The molecule has 1 heterocycles. The van der Waals surface area contributed by atoms with Gasteiger partial charge in [-0.2, -0.15) is 5.10 Å². The molecule has 1 unspecified atom stereocenters. The molecule has 3 aromatic rings. The SMILES string of the molecule is OC(c1cccc(F)c1F)c1ccnn1-c1ccccc1. The third-order valence-corrected chi connectivity index (χ3v) is 3.23. The van der Waals surface area contributed by atoms with E-state index in [-0.39, 0.29) is 5.56 Å². The summed E-state index contributed by atoms with van der Waals surface area (Å²) < 4.78 is 28.6. The minimum Gasteiger partial charge on any atom is -0.382 e. The van der Waals surface area contributed by atoms with Gasteiger partial charge in [0, 0.05) is 11.8 Å². The molecular weight excluding hydrogens is 274 g/mol. The molecule has 106 valence electrons. The third kappa shape index (κ3) is 2.43. The number of benzene rings is 2. The number of hydrogen-bond donors (Lipinski definition) is 1. The van der Waals surface area contributed by atoms with Crippen LogP contribution >= 0.6 is 0 Å². The Morgan fingerprint density at radius 2 is 1.71 bits per heavy atom. The molecule has 0 aliphatic carbocycles. The smallest absolute Gasteiger partial charge is 0.165 e. The van der Waals surface area contributed by atoms with Crippen LogP contribution in [0.15, 0.2) is 60.8 Å². The summed E-state index contributed by atoms with van der Waals surface area (Å²) in [6.07, 6.45) is 0.200. The molecule has 0 amide bonds. The van der Waals surface area contributed by atoms with Crippen molar-refractivity contribution in [3.63, 3.8) is 0 Å². The van der Waals surface area contributed by atoms with Gasteiger partial charge in [-0.05, 0) is 24.3 Å². The summed E-state index contributed by atoms with van der Waals surface area (Å²) in [6.45, 7) is 0. The van der Waals surface area contributed by atoms with Gasteiger partial charge in [0.1, 0.15) is 6.10 Å². The van der Waals surface area contributed by atoms with Crippen molar-refractivity contribution in [1.82, 2.24) is 9.78 Å². The lowest BCUT2D eigenvalue weighted by Crippen LogP contribution is -2.10. The molecule has 0 aliphatic rings. The fourth-order valence-electron chi connectivity index (χ4n) is 2.20. The first-order valence-electron chi connectivity index (χ1n) is 6.40. The number of aliphatic hydroxyl groups is 1. The Morgan fingerprint density at radius 1 is 0.952 bits per heavy atom. The Kier molecular flexibility index (Phi) is 3.50. The summed E-state index contributed by atoms with van der Waals surface area (Å²) in [7, 11) is 0. The Balaban J connectivity index is 2.06. The van der Waals surface area contributed by atoms with Crippen molar-refractivity contribution in [1.29, 1.82) is 0 Å². The van der Waals surface area contributed by atoms with Crippen LogP contribution in [-0.2, 0) is 0 Å². The highest BCUT2D eigenvalue weighted by Gasteiger charge is 2.21. The van der Waals surface area contributed by atoms with Gasteiger partial charge < -0.3 is 5.11 Å². The molecule has 0 radical (unpaired) electrons. The average molecular weight is 286 g/mol. The maximum absolute atomic E-state index is 13.8. The van der Waals surface area contributed by atoms with Crippen LogP contribution in [0, 0.1) is 11.6 Å². The van der Waals surface area contributed by atoms with Gasteiger partial charge in [0.2, 0.25) is 0 Å². The molecule has 0 fully saturated rings. The minimum absolute atomic E-state index is 0.118. The molecule has 0 saturated carbocycles. The molecule has 21 heavy (non-hydrogen) atoms. The summed E-state index contributed by atoms with van der Waals surface area (Å²) in [5, 5.41) is 14.5. The van der Waals surface area contributed by atoms with Crippen molar-refractivity contribution in [2.75, 3.05) is 0 Å². The lowest BCUT2D eigenvalue weighted by atomic mass is 10.1. The fourth-order valence-corrected chi connectivity index (χ4v) is 2.20. The molecule has 1 N–H and O–H groups in total. The van der Waals surface area contributed by atoms with E-state index in [2.05, 4.69) is 5.10 Å². The highest BCUT2D eigenvalue weighted by molar-refractivity contribution is 5.36. The maximum atomic E-state index is 13.8. The van der Waals surface area contributed by atoms with Crippen molar-refractivity contribution >= 4 is 0 Å². The van der Waals surface area contributed by atoms with Crippen LogP contribution in [0.5, 0.6) is 0 Å². The zero-order chi connectivity index (χ0) is 14.8. The fraction of sp³-hybridized carbons (Fsp3) is 0.0625. The van der Waals surface area contributed by atoms with Gasteiger partial charge in [-0.3, -0.25) is 0 Å². The summed E-state index contributed by atoms with van der Waals surface area (Å²) in [6, 6.07) is 14.4. The monoisotopic (exact) mass is 286 g/mol. The van der Waals surface area contributed by atoms with E-state index in [1.54, 1.807) is 6.07 Å². The molecule has 0 bridgehead atoms. The molecule has 0 saturated heterocycles. The predicted molar refractivity (Wildman–Crippen MR) is 74.0 cm³/mol. The Hall–Kier alpha value is -2.53. The molecule has 5 heteroatoms. The molecule has 1 atom stereocenters. The summed E-state index contributed by atoms with van der Waals surface area (Å²) >= 11 is 0. The quantitative estimate of drug-likeness (QED) is 0.802. The molecule has 3 rings (SSSR count). The molecule has 2 aromatic carbocycles. The van der Waals surface area contributed by atoms with E-state index < -0.39 is 17.7 Å². The lowest BCUT2D eigenvalue weighted by Gasteiger charge is -2.14. The number of para-hydroxylation sites is 1. The van der Waals surface area contributed by atoms with Crippen LogP contribution in [-0.4, -0.2) is 14.9 Å². The van der Waals surface area contributed by atoms with Crippen molar-refractivity contribution in [2.45, 2.75) is 6.10 Å². The highest BCUT2D eigenvalue weighted by atomic mass is 19.2. The lowest BCUT2D eigenvalue weighted by molar-refractivity contribution is 0.205. The Labute approximate surface area is 120 Å². The van der Waals surface area contributed by atoms with Gasteiger partial charge in [-0.25, -0.2) is 13.5 Å². The second-order valence-corrected chi connectivity index (χ2v) is 4.55. The van der Waals surface area contributed by atoms with Crippen LogP contribution in [0.3, 0.4) is 0 Å². The standard InChI is InChI=1S/C16H12F2N2O/c17-13-8-4-7-12(15(13)18)16(21)14-9-10-19-20(14)11-5-2-1-3-6-11/h1-10,16,21H. The number of aromatic nitrogens is 2. The highest BCUT2D eigenvalue weighted by Crippen LogP contribution is 2.26. The largest absolute Gasteiger partial charge is 0.382 e. The van der Waals surface area contributed by atoms with Crippen molar-refractivity contribution in [3.8, 4) is 5.69 Å². The van der Waals surface area contributed by atoms with E-state index in [9.17, 15) is 13.9 Å². The predicted octanol–water partition coefficient (Wildman–Crippen LogP) is 3.23. The first-order valence-corrected chi connectivity index (χ1v) is 6.40. The van der Waals surface area contributed by atoms with Crippen LogP contribution in [0.1, 0.15) is 17.4 Å². The Bertz CT molecular complexity index is 756. The van der Waals surface area contributed by atoms with E-state index in [0.29, 0.717) is 5.69 Å². The van der Waals surface area contributed by atoms with E-state index in [1.165, 1.54) is 23.0 Å². The van der Waals surface area contributed by atoms with Crippen molar-refractivity contribution < 1.29 is 13.9 Å². The van der Waals surface area contributed by atoms with Crippen LogP contribution in [0.4, 0.5) is 8.78 Å². The topological polar surface area (TPSA) is 38.1 Å². The average Bonchev–Trinajstić information content (AvgIpc) is 3.00. The number of aliphatic hydroxyl groups excluding tert-OH is 1. The molecule has 0 spiro atoms.